The van der Waals surface area contributed by atoms with Gasteiger partial charge in [-0.25, -0.2) is 8.42 Å². The lowest BCUT2D eigenvalue weighted by Gasteiger charge is -2.11. The fourth-order valence-corrected chi connectivity index (χ4v) is 3.58. The van der Waals surface area contributed by atoms with E-state index in [-0.39, 0.29) is 10.9 Å². The zero-order chi connectivity index (χ0) is 21.4. The zero-order valence-corrected chi connectivity index (χ0v) is 18.8. The fourth-order valence-electron chi connectivity index (χ4n) is 2.58. The van der Waals surface area contributed by atoms with E-state index in [1.54, 1.807) is 0 Å². The first-order valence-corrected chi connectivity index (χ1v) is 12.4. The second-order valence-corrected chi connectivity index (χ2v) is 9.82. The van der Waals surface area contributed by atoms with Gasteiger partial charge in [0.15, 0.2) is 4.90 Å². The molecule has 0 aliphatic heterocycles. The Labute approximate surface area is 180 Å². The normalized spacial score (nSPS) is 10.9. The van der Waals surface area contributed by atoms with Gasteiger partial charge in [-0.3, -0.25) is 4.18 Å². The smallest absolute Gasteiger partial charge is 0.217 e. The van der Waals surface area contributed by atoms with Crippen LogP contribution in [0.2, 0.25) is 0 Å². The predicted octanol–water partition coefficient (Wildman–Crippen LogP) is 4.45. The van der Waals surface area contributed by atoms with Gasteiger partial charge in [0.2, 0.25) is 10.4 Å². The maximum absolute atomic E-state index is 9.22. The van der Waals surface area contributed by atoms with Gasteiger partial charge in [0.05, 0.1) is 12.0 Å². The molecule has 0 saturated heterocycles. The fraction of sp³-hybridized carbons (Fsp3) is 0.136. The predicted molar refractivity (Wildman–Crippen MR) is 123 cm³/mol. The Balaban J connectivity index is 0.000000438. The third kappa shape index (κ3) is 7.06. The molecule has 0 spiro atoms. The lowest BCUT2D eigenvalue weighted by molar-refractivity contribution is 0.314. The standard InChI is InChI=1S/C21H19S2.CH4O4S/c1-23(2)18-14-12-17(13-15-18)21(22)20-11-7-6-10-19(20)16-8-4-3-5-9-16;1-5-6(2,3)4/h3-15H,1-2H3;1H3,(H,2,3,4)/q+1;/p-1. The van der Waals surface area contributed by atoms with Crippen molar-refractivity contribution in [2.24, 2.45) is 0 Å². The van der Waals surface area contributed by atoms with Crippen LogP contribution in [0.3, 0.4) is 0 Å². The molecule has 3 aromatic carbocycles. The lowest BCUT2D eigenvalue weighted by atomic mass is 9.95. The average Bonchev–Trinajstić information content (AvgIpc) is 2.74. The molecule has 0 radical (unpaired) electrons. The molecule has 7 heteroatoms. The summed E-state index contributed by atoms with van der Waals surface area (Å²) in [6.07, 6.45) is 4.47. The molecule has 29 heavy (non-hydrogen) atoms. The monoisotopic (exact) mass is 446 g/mol. The summed E-state index contributed by atoms with van der Waals surface area (Å²) in [5, 5.41) is 0. The quantitative estimate of drug-likeness (QED) is 0.190. The number of thiocarbonyl (C=S) groups is 1. The van der Waals surface area contributed by atoms with Gasteiger partial charge in [0.25, 0.3) is 0 Å². The van der Waals surface area contributed by atoms with Gasteiger partial charge in [-0.2, -0.15) is 0 Å². The molecule has 0 unspecified atom stereocenters. The summed E-state index contributed by atoms with van der Waals surface area (Å²) in [6.45, 7) is 0. The maximum Gasteiger partial charge on any atom is 0.217 e. The van der Waals surface area contributed by atoms with Crippen LogP contribution in [0.1, 0.15) is 11.1 Å². The third-order valence-electron chi connectivity index (χ3n) is 4.05. The van der Waals surface area contributed by atoms with Crippen molar-refractivity contribution in [2.75, 3.05) is 19.6 Å². The van der Waals surface area contributed by atoms with Gasteiger partial charge >= 0.3 is 0 Å². The highest BCUT2D eigenvalue weighted by Crippen LogP contribution is 2.26. The summed E-state index contributed by atoms with van der Waals surface area (Å²) in [4.78, 5) is 2.27. The second-order valence-electron chi connectivity index (χ2n) is 6.16. The van der Waals surface area contributed by atoms with Crippen molar-refractivity contribution in [3.63, 3.8) is 0 Å². The molecule has 0 N–H and O–H groups in total. The number of benzene rings is 3. The minimum atomic E-state index is -4.41. The van der Waals surface area contributed by atoms with Gasteiger partial charge in [-0.15, -0.1) is 0 Å². The minimum absolute atomic E-state index is 0.278. The molecular formula is C22H22O4S3. The van der Waals surface area contributed by atoms with E-state index < -0.39 is 10.4 Å². The van der Waals surface area contributed by atoms with Crippen molar-refractivity contribution in [2.45, 2.75) is 4.90 Å². The Hall–Kier alpha value is -2.03. The summed E-state index contributed by atoms with van der Waals surface area (Å²) in [7, 11) is -3.33. The number of rotatable bonds is 5. The van der Waals surface area contributed by atoms with E-state index in [1.165, 1.54) is 16.0 Å². The van der Waals surface area contributed by atoms with Crippen molar-refractivity contribution >= 4 is 38.4 Å². The maximum atomic E-state index is 9.22. The molecule has 0 aliphatic rings. The van der Waals surface area contributed by atoms with E-state index in [0.717, 1.165) is 23.1 Å². The number of hydrogen-bond acceptors (Lipinski definition) is 5. The Bertz CT molecular complexity index is 1040. The Morgan fingerprint density at radius 3 is 1.93 bits per heavy atom. The van der Waals surface area contributed by atoms with E-state index in [0.29, 0.717) is 0 Å². The molecule has 0 atom stereocenters. The van der Waals surface area contributed by atoms with Crippen LogP contribution >= 0.6 is 12.2 Å². The van der Waals surface area contributed by atoms with Crippen molar-refractivity contribution in [3.05, 3.63) is 90.0 Å². The van der Waals surface area contributed by atoms with E-state index in [9.17, 15) is 13.0 Å². The molecule has 3 rings (SSSR count). The highest BCUT2D eigenvalue weighted by molar-refractivity contribution is 7.95. The molecule has 152 valence electrons. The van der Waals surface area contributed by atoms with Gasteiger partial charge in [-0.05, 0) is 41.0 Å². The first kappa shape index (κ1) is 23.3. The molecule has 0 saturated carbocycles. The van der Waals surface area contributed by atoms with Gasteiger partial charge in [-0.1, -0.05) is 66.8 Å². The Morgan fingerprint density at radius 1 is 0.897 bits per heavy atom. The van der Waals surface area contributed by atoms with Gasteiger partial charge in [0.1, 0.15) is 12.5 Å². The van der Waals surface area contributed by atoms with Crippen LogP contribution < -0.4 is 0 Å². The van der Waals surface area contributed by atoms with E-state index in [1.807, 2.05) is 6.07 Å². The summed E-state index contributed by atoms with van der Waals surface area (Å²) < 4.78 is 31.0. The summed E-state index contributed by atoms with van der Waals surface area (Å²) >= 11 is 5.79. The Kier molecular flexibility index (Phi) is 8.55. The summed E-state index contributed by atoms with van der Waals surface area (Å²) in [5.74, 6) is 0. The van der Waals surface area contributed by atoms with Gasteiger partial charge in [0, 0.05) is 16.5 Å². The van der Waals surface area contributed by atoms with Crippen LogP contribution in [0.5, 0.6) is 0 Å². The molecule has 4 nitrogen and oxygen atoms in total. The summed E-state index contributed by atoms with van der Waals surface area (Å²) in [6, 6.07) is 27.5. The van der Waals surface area contributed by atoms with Crippen LogP contribution in [0.25, 0.3) is 11.1 Å². The van der Waals surface area contributed by atoms with Crippen LogP contribution in [0, 0.1) is 0 Å². The van der Waals surface area contributed by atoms with E-state index in [4.69, 9.17) is 12.2 Å². The topological polar surface area (TPSA) is 66.4 Å². The van der Waals surface area contributed by atoms with E-state index in [2.05, 4.69) is 89.5 Å². The van der Waals surface area contributed by atoms with E-state index >= 15 is 0 Å². The highest BCUT2D eigenvalue weighted by Gasteiger charge is 2.13. The van der Waals surface area contributed by atoms with Crippen molar-refractivity contribution in [1.29, 1.82) is 0 Å². The second kappa shape index (κ2) is 10.7. The lowest BCUT2D eigenvalue weighted by Crippen LogP contribution is -2.03. The Morgan fingerprint density at radius 2 is 1.41 bits per heavy atom. The van der Waals surface area contributed by atoms with Crippen LogP contribution in [-0.4, -0.2) is 37.5 Å². The number of hydrogen-bond donors (Lipinski definition) is 0. The largest absolute Gasteiger partial charge is 0.726 e. The molecular weight excluding hydrogens is 424 g/mol. The van der Waals surface area contributed by atoms with Crippen molar-refractivity contribution < 1.29 is 17.2 Å². The molecule has 0 heterocycles. The zero-order valence-electron chi connectivity index (χ0n) is 16.4. The SMILES string of the molecule is COS(=O)(=O)[O-].C[S+](C)c1ccc(C(=S)c2ccccc2-c2ccccc2)cc1. The summed E-state index contributed by atoms with van der Waals surface area (Å²) in [5.41, 5.74) is 4.62. The third-order valence-corrected chi connectivity index (χ3v) is 6.13. The molecule has 0 amide bonds. The molecule has 0 aromatic heterocycles. The van der Waals surface area contributed by atoms with Crippen LogP contribution in [-0.2, 0) is 25.5 Å². The van der Waals surface area contributed by atoms with Crippen molar-refractivity contribution in [1.82, 2.24) is 0 Å². The molecule has 0 fully saturated rings. The van der Waals surface area contributed by atoms with Crippen LogP contribution in [0.4, 0.5) is 0 Å². The molecule has 0 bridgehead atoms. The minimum Gasteiger partial charge on any atom is -0.726 e. The molecule has 0 aliphatic carbocycles. The highest BCUT2D eigenvalue weighted by atomic mass is 32.3. The van der Waals surface area contributed by atoms with Crippen LogP contribution in [0.15, 0.2) is 83.8 Å². The first-order valence-electron chi connectivity index (χ1n) is 8.61. The molecule has 3 aromatic rings. The van der Waals surface area contributed by atoms with Crippen molar-refractivity contribution in [3.8, 4) is 11.1 Å². The first-order chi connectivity index (χ1) is 13.7. The van der Waals surface area contributed by atoms with Gasteiger partial charge < -0.3 is 4.55 Å². The average molecular weight is 447 g/mol.